The zero-order valence-electron chi connectivity index (χ0n) is 10.4. The van der Waals surface area contributed by atoms with Crippen molar-refractivity contribution in [3.63, 3.8) is 0 Å². The normalized spacial score (nSPS) is 10.3. The van der Waals surface area contributed by atoms with Crippen LogP contribution in [0.25, 0.3) is 0 Å². The number of carbonyl (C=O) groups is 1. The lowest BCUT2D eigenvalue weighted by molar-refractivity contribution is 0.102. The average molecular weight is 261 g/mol. The fourth-order valence-corrected chi connectivity index (χ4v) is 1.67. The van der Waals surface area contributed by atoms with E-state index in [0.717, 1.165) is 24.1 Å². The van der Waals surface area contributed by atoms with Gasteiger partial charge >= 0.3 is 0 Å². The van der Waals surface area contributed by atoms with Crippen LogP contribution in [0.4, 0.5) is 14.5 Å². The minimum absolute atomic E-state index is 0.225. The van der Waals surface area contributed by atoms with Crippen molar-refractivity contribution >= 4 is 11.6 Å². The molecule has 98 valence electrons. The van der Waals surface area contributed by atoms with Gasteiger partial charge in [0.2, 0.25) is 0 Å². The van der Waals surface area contributed by atoms with E-state index >= 15 is 0 Å². The van der Waals surface area contributed by atoms with Gasteiger partial charge in [-0.05, 0) is 36.2 Å². The highest BCUT2D eigenvalue weighted by Crippen LogP contribution is 2.14. The molecule has 0 spiro atoms. The van der Waals surface area contributed by atoms with Crippen LogP contribution in [0.5, 0.6) is 0 Å². The molecular weight excluding hydrogens is 248 g/mol. The predicted molar refractivity (Wildman–Crippen MR) is 70.1 cm³/mol. The van der Waals surface area contributed by atoms with Gasteiger partial charge in [0.15, 0.2) is 11.6 Å². The number of nitrogens with one attached hydrogen (secondary N) is 1. The van der Waals surface area contributed by atoms with Gasteiger partial charge in [0.05, 0.1) is 0 Å². The van der Waals surface area contributed by atoms with Crippen molar-refractivity contribution in [1.82, 2.24) is 0 Å². The molecule has 0 fully saturated rings. The Hall–Kier alpha value is -2.23. The Labute approximate surface area is 110 Å². The van der Waals surface area contributed by atoms with Gasteiger partial charge in [0, 0.05) is 17.3 Å². The van der Waals surface area contributed by atoms with Crippen molar-refractivity contribution in [2.24, 2.45) is 0 Å². The molecule has 0 unspecified atom stereocenters. The molecule has 2 nitrogen and oxygen atoms in total. The Bertz CT molecular complexity index is 594. The molecule has 19 heavy (non-hydrogen) atoms. The Balaban J connectivity index is 2.13. The number of hydrogen-bond acceptors (Lipinski definition) is 1. The molecule has 0 heterocycles. The van der Waals surface area contributed by atoms with E-state index in [2.05, 4.69) is 5.32 Å². The number of aryl methyl sites for hydroxylation is 1. The number of rotatable bonds is 3. The zero-order valence-corrected chi connectivity index (χ0v) is 10.4. The molecule has 0 saturated carbocycles. The molecule has 0 bridgehead atoms. The van der Waals surface area contributed by atoms with Crippen molar-refractivity contribution in [3.05, 3.63) is 65.2 Å². The van der Waals surface area contributed by atoms with E-state index in [1.54, 1.807) is 12.1 Å². The Morgan fingerprint density at radius 1 is 1.05 bits per heavy atom. The summed E-state index contributed by atoms with van der Waals surface area (Å²) in [4.78, 5) is 11.9. The molecule has 0 atom stereocenters. The molecule has 1 N–H and O–H groups in total. The van der Waals surface area contributed by atoms with Crippen molar-refractivity contribution in [2.45, 2.75) is 13.3 Å². The van der Waals surface area contributed by atoms with Crippen molar-refractivity contribution in [3.8, 4) is 0 Å². The summed E-state index contributed by atoms with van der Waals surface area (Å²) >= 11 is 0. The summed E-state index contributed by atoms with van der Waals surface area (Å²) in [5.41, 5.74) is 1.83. The van der Waals surface area contributed by atoms with E-state index in [1.807, 2.05) is 19.1 Å². The summed E-state index contributed by atoms with van der Waals surface area (Å²) in [6.07, 6.45) is 0.894. The monoisotopic (exact) mass is 261 g/mol. The number of benzene rings is 2. The second kappa shape index (κ2) is 5.61. The minimum atomic E-state index is -0.987. The molecule has 1 amide bonds. The number of carbonyl (C=O) groups excluding carboxylic acids is 1. The van der Waals surface area contributed by atoms with Crippen LogP contribution in [-0.2, 0) is 6.42 Å². The van der Waals surface area contributed by atoms with Crippen molar-refractivity contribution in [1.29, 1.82) is 0 Å². The van der Waals surface area contributed by atoms with Gasteiger partial charge in [0.25, 0.3) is 5.91 Å². The highest BCUT2D eigenvalue weighted by atomic mass is 19.2. The third-order valence-electron chi connectivity index (χ3n) is 2.80. The van der Waals surface area contributed by atoms with Gasteiger partial charge in [-0.2, -0.15) is 0 Å². The first-order valence-corrected chi connectivity index (χ1v) is 5.95. The quantitative estimate of drug-likeness (QED) is 0.895. The Kier molecular flexibility index (Phi) is 3.90. The zero-order chi connectivity index (χ0) is 13.8. The maximum Gasteiger partial charge on any atom is 0.255 e. The highest BCUT2D eigenvalue weighted by Gasteiger charge is 2.08. The van der Waals surface area contributed by atoms with Crippen molar-refractivity contribution < 1.29 is 13.6 Å². The second-order valence-corrected chi connectivity index (χ2v) is 4.13. The van der Waals surface area contributed by atoms with Crippen LogP contribution in [0.3, 0.4) is 0 Å². The van der Waals surface area contributed by atoms with Crippen LogP contribution in [-0.4, -0.2) is 5.91 Å². The highest BCUT2D eigenvalue weighted by molar-refractivity contribution is 6.04. The molecule has 0 aromatic heterocycles. The van der Waals surface area contributed by atoms with Crippen LogP contribution >= 0.6 is 0 Å². The Morgan fingerprint density at radius 2 is 1.74 bits per heavy atom. The molecule has 0 radical (unpaired) electrons. The lowest BCUT2D eigenvalue weighted by Crippen LogP contribution is -2.12. The minimum Gasteiger partial charge on any atom is -0.322 e. The SMILES string of the molecule is CCc1ccc(C(=O)Nc2ccc(F)c(F)c2)cc1. The van der Waals surface area contributed by atoms with Crippen LogP contribution < -0.4 is 5.32 Å². The molecule has 0 aliphatic carbocycles. The van der Waals surface area contributed by atoms with E-state index < -0.39 is 11.6 Å². The van der Waals surface area contributed by atoms with Gasteiger partial charge in [0.1, 0.15) is 0 Å². The lowest BCUT2D eigenvalue weighted by atomic mass is 10.1. The number of anilines is 1. The molecule has 2 aromatic carbocycles. The van der Waals surface area contributed by atoms with Crippen LogP contribution in [0.2, 0.25) is 0 Å². The first kappa shape index (κ1) is 13.2. The molecule has 0 aliphatic rings. The van der Waals surface area contributed by atoms with E-state index in [9.17, 15) is 13.6 Å². The number of amides is 1. The maximum atomic E-state index is 13.0. The van der Waals surface area contributed by atoms with E-state index in [1.165, 1.54) is 6.07 Å². The third-order valence-corrected chi connectivity index (χ3v) is 2.80. The van der Waals surface area contributed by atoms with Crippen LogP contribution in [0.1, 0.15) is 22.8 Å². The number of halogens is 2. The molecule has 0 aliphatic heterocycles. The molecule has 4 heteroatoms. The largest absolute Gasteiger partial charge is 0.322 e. The van der Waals surface area contributed by atoms with Gasteiger partial charge in [-0.3, -0.25) is 4.79 Å². The first-order valence-electron chi connectivity index (χ1n) is 5.95. The summed E-state index contributed by atoms with van der Waals surface area (Å²) < 4.78 is 25.8. The summed E-state index contributed by atoms with van der Waals surface area (Å²) in [6.45, 7) is 2.02. The lowest BCUT2D eigenvalue weighted by Gasteiger charge is -2.06. The van der Waals surface area contributed by atoms with Gasteiger partial charge < -0.3 is 5.32 Å². The van der Waals surface area contributed by atoms with Crippen molar-refractivity contribution in [2.75, 3.05) is 5.32 Å². The topological polar surface area (TPSA) is 29.1 Å². The average Bonchev–Trinajstić information content (AvgIpc) is 2.43. The maximum absolute atomic E-state index is 13.0. The molecular formula is C15H13F2NO. The summed E-state index contributed by atoms with van der Waals surface area (Å²) in [5.74, 6) is -2.28. The standard InChI is InChI=1S/C15H13F2NO/c1-2-10-3-5-11(6-4-10)15(19)18-12-7-8-13(16)14(17)9-12/h3-9H,2H2,1H3,(H,18,19). The van der Waals surface area contributed by atoms with Crippen LogP contribution in [0, 0.1) is 11.6 Å². The first-order chi connectivity index (χ1) is 9.10. The fourth-order valence-electron chi connectivity index (χ4n) is 1.67. The van der Waals surface area contributed by atoms with E-state index in [0.29, 0.717) is 5.56 Å². The predicted octanol–water partition coefficient (Wildman–Crippen LogP) is 3.78. The van der Waals surface area contributed by atoms with Gasteiger partial charge in [-0.15, -0.1) is 0 Å². The molecule has 2 aromatic rings. The van der Waals surface area contributed by atoms with E-state index in [-0.39, 0.29) is 11.6 Å². The molecule has 0 saturated heterocycles. The van der Waals surface area contributed by atoms with Gasteiger partial charge in [-0.25, -0.2) is 8.78 Å². The second-order valence-electron chi connectivity index (χ2n) is 4.13. The smallest absolute Gasteiger partial charge is 0.255 e. The Morgan fingerprint density at radius 3 is 2.32 bits per heavy atom. The summed E-state index contributed by atoms with van der Waals surface area (Å²) in [6, 6.07) is 10.4. The van der Waals surface area contributed by atoms with Gasteiger partial charge in [-0.1, -0.05) is 19.1 Å². The summed E-state index contributed by atoms with van der Waals surface area (Å²) in [5, 5.41) is 2.52. The van der Waals surface area contributed by atoms with E-state index in [4.69, 9.17) is 0 Å². The van der Waals surface area contributed by atoms with Crippen LogP contribution in [0.15, 0.2) is 42.5 Å². The third kappa shape index (κ3) is 3.16. The number of hydrogen-bond donors (Lipinski definition) is 1. The summed E-state index contributed by atoms with van der Waals surface area (Å²) in [7, 11) is 0. The molecule has 2 rings (SSSR count). The fraction of sp³-hybridized carbons (Fsp3) is 0.133.